The van der Waals surface area contributed by atoms with Gasteiger partial charge in [0, 0.05) is 17.8 Å². The van der Waals surface area contributed by atoms with Gasteiger partial charge in [0.25, 0.3) is 0 Å². The number of aromatic nitrogens is 2. The Morgan fingerprint density at radius 3 is 2.45 bits per heavy atom. The van der Waals surface area contributed by atoms with Crippen molar-refractivity contribution in [2.45, 2.75) is 6.54 Å². The maximum absolute atomic E-state index is 4.73. The standard InChI is InChI=1S/C15H14N4O/c1-2-4-14(5-3-1)18-17-10-12-6-8-13(9-7-12)15-16-11-20-19-15/h1-9,11,17-18H,10H2. The van der Waals surface area contributed by atoms with Crippen LogP contribution in [0.1, 0.15) is 5.56 Å². The Labute approximate surface area is 116 Å². The third-order valence-corrected chi connectivity index (χ3v) is 2.87. The summed E-state index contributed by atoms with van der Waals surface area (Å²) in [6, 6.07) is 18.0. The normalized spacial score (nSPS) is 10.4. The van der Waals surface area contributed by atoms with Crippen LogP contribution in [0.3, 0.4) is 0 Å². The summed E-state index contributed by atoms with van der Waals surface area (Å²) in [5.41, 5.74) is 9.47. The first kappa shape index (κ1) is 12.4. The molecule has 1 heterocycles. The van der Waals surface area contributed by atoms with Crippen LogP contribution in [0, 0.1) is 0 Å². The Morgan fingerprint density at radius 2 is 1.75 bits per heavy atom. The van der Waals surface area contributed by atoms with Crippen molar-refractivity contribution in [1.82, 2.24) is 15.6 Å². The SMILES string of the molecule is c1ccc(NNCc2ccc(-c3ncon3)cc2)cc1. The zero-order valence-corrected chi connectivity index (χ0v) is 10.8. The molecule has 20 heavy (non-hydrogen) atoms. The number of hydrogen-bond acceptors (Lipinski definition) is 5. The van der Waals surface area contributed by atoms with Crippen molar-refractivity contribution in [3.63, 3.8) is 0 Å². The molecule has 3 rings (SSSR count). The molecule has 0 bridgehead atoms. The molecule has 5 heteroatoms. The Balaban J connectivity index is 1.56. The van der Waals surface area contributed by atoms with Crippen molar-refractivity contribution in [2.24, 2.45) is 0 Å². The number of nitrogens with one attached hydrogen (secondary N) is 2. The van der Waals surface area contributed by atoms with Crippen molar-refractivity contribution >= 4 is 5.69 Å². The van der Waals surface area contributed by atoms with E-state index in [9.17, 15) is 0 Å². The molecule has 0 unspecified atom stereocenters. The summed E-state index contributed by atoms with van der Waals surface area (Å²) in [5.74, 6) is 0.604. The highest BCUT2D eigenvalue weighted by Crippen LogP contribution is 2.15. The second kappa shape index (κ2) is 5.99. The lowest BCUT2D eigenvalue weighted by molar-refractivity contribution is 0.419. The Bertz CT molecular complexity index is 635. The maximum atomic E-state index is 4.73. The van der Waals surface area contributed by atoms with Gasteiger partial charge < -0.3 is 9.95 Å². The third-order valence-electron chi connectivity index (χ3n) is 2.87. The zero-order valence-electron chi connectivity index (χ0n) is 10.8. The minimum Gasteiger partial charge on any atom is -0.342 e. The molecule has 5 nitrogen and oxygen atoms in total. The van der Waals surface area contributed by atoms with E-state index in [1.54, 1.807) is 0 Å². The molecule has 3 aromatic rings. The van der Waals surface area contributed by atoms with E-state index < -0.39 is 0 Å². The molecule has 0 amide bonds. The van der Waals surface area contributed by atoms with Gasteiger partial charge in [0.2, 0.25) is 12.2 Å². The van der Waals surface area contributed by atoms with Crippen molar-refractivity contribution < 1.29 is 4.52 Å². The predicted molar refractivity (Wildman–Crippen MR) is 76.6 cm³/mol. The first-order valence-electron chi connectivity index (χ1n) is 6.31. The molecule has 0 aliphatic rings. The van der Waals surface area contributed by atoms with Gasteiger partial charge in [0.15, 0.2) is 0 Å². The number of anilines is 1. The van der Waals surface area contributed by atoms with Gasteiger partial charge in [-0.25, -0.2) is 5.43 Å². The second-order valence-corrected chi connectivity index (χ2v) is 4.30. The van der Waals surface area contributed by atoms with E-state index in [1.165, 1.54) is 12.0 Å². The molecule has 0 aliphatic heterocycles. The molecule has 0 spiro atoms. The average Bonchev–Trinajstić information content (AvgIpc) is 3.03. The second-order valence-electron chi connectivity index (χ2n) is 4.30. The van der Waals surface area contributed by atoms with E-state index in [-0.39, 0.29) is 0 Å². The van der Waals surface area contributed by atoms with Crippen molar-refractivity contribution in [1.29, 1.82) is 0 Å². The predicted octanol–water partition coefficient (Wildman–Crippen LogP) is 2.85. The van der Waals surface area contributed by atoms with E-state index in [2.05, 4.69) is 21.0 Å². The van der Waals surface area contributed by atoms with E-state index in [0.29, 0.717) is 5.82 Å². The maximum Gasteiger partial charge on any atom is 0.214 e. The molecule has 0 saturated heterocycles. The summed E-state index contributed by atoms with van der Waals surface area (Å²) in [6.45, 7) is 0.724. The molecule has 0 atom stereocenters. The van der Waals surface area contributed by atoms with E-state index in [1.807, 2.05) is 54.6 Å². The summed E-state index contributed by atoms with van der Waals surface area (Å²) in [4.78, 5) is 4.01. The quantitative estimate of drug-likeness (QED) is 0.695. The molecule has 0 radical (unpaired) electrons. The number of rotatable bonds is 5. The van der Waals surface area contributed by atoms with E-state index in [0.717, 1.165) is 17.8 Å². The van der Waals surface area contributed by atoms with Crippen LogP contribution in [0.2, 0.25) is 0 Å². The molecular weight excluding hydrogens is 252 g/mol. The average molecular weight is 266 g/mol. The summed E-state index contributed by atoms with van der Waals surface area (Å²) in [5, 5.41) is 3.80. The lowest BCUT2D eigenvalue weighted by Crippen LogP contribution is -2.20. The smallest absolute Gasteiger partial charge is 0.214 e. The Morgan fingerprint density at radius 1 is 0.950 bits per heavy atom. The summed E-state index contributed by atoms with van der Waals surface area (Å²) < 4.78 is 4.73. The van der Waals surface area contributed by atoms with E-state index in [4.69, 9.17) is 4.52 Å². The summed E-state index contributed by atoms with van der Waals surface area (Å²) in [6.07, 6.45) is 1.33. The monoisotopic (exact) mass is 266 g/mol. The van der Waals surface area contributed by atoms with Gasteiger partial charge in [-0.3, -0.25) is 0 Å². The fourth-order valence-corrected chi connectivity index (χ4v) is 1.84. The molecule has 1 aromatic heterocycles. The van der Waals surface area contributed by atoms with Crippen LogP contribution in [0.5, 0.6) is 0 Å². The molecule has 2 N–H and O–H groups in total. The largest absolute Gasteiger partial charge is 0.342 e. The first-order valence-corrected chi connectivity index (χ1v) is 6.31. The topological polar surface area (TPSA) is 63.0 Å². The number of benzene rings is 2. The Hall–Kier alpha value is -2.66. The highest BCUT2D eigenvalue weighted by Gasteiger charge is 2.02. The van der Waals surface area contributed by atoms with Crippen LogP contribution >= 0.6 is 0 Å². The molecular formula is C15H14N4O. The lowest BCUT2D eigenvalue weighted by Gasteiger charge is -2.08. The van der Waals surface area contributed by atoms with Crippen LogP contribution in [0.4, 0.5) is 5.69 Å². The van der Waals surface area contributed by atoms with E-state index >= 15 is 0 Å². The highest BCUT2D eigenvalue weighted by molar-refractivity contribution is 5.54. The molecule has 100 valence electrons. The van der Waals surface area contributed by atoms with Crippen molar-refractivity contribution in [3.8, 4) is 11.4 Å². The van der Waals surface area contributed by atoms with Gasteiger partial charge in [-0.1, -0.05) is 47.6 Å². The minimum absolute atomic E-state index is 0.604. The first-order chi connectivity index (χ1) is 9.92. The third kappa shape index (κ3) is 3.02. The fraction of sp³-hybridized carbons (Fsp3) is 0.0667. The number of hydrazine groups is 1. The van der Waals surface area contributed by atoms with Crippen LogP contribution in [0.25, 0.3) is 11.4 Å². The lowest BCUT2D eigenvalue weighted by atomic mass is 10.1. The molecule has 2 aromatic carbocycles. The number of para-hydroxylation sites is 1. The van der Waals surface area contributed by atoms with Crippen LogP contribution in [-0.4, -0.2) is 10.1 Å². The van der Waals surface area contributed by atoms with Gasteiger partial charge in [-0.15, -0.1) is 0 Å². The molecule has 0 saturated carbocycles. The number of hydrogen-bond donors (Lipinski definition) is 2. The number of nitrogens with zero attached hydrogens (tertiary/aromatic N) is 2. The van der Waals surface area contributed by atoms with Crippen LogP contribution in [-0.2, 0) is 6.54 Å². The van der Waals surface area contributed by atoms with Crippen molar-refractivity contribution in [3.05, 3.63) is 66.6 Å². The highest BCUT2D eigenvalue weighted by atomic mass is 16.5. The fourth-order valence-electron chi connectivity index (χ4n) is 1.84. The molecule has 0 fully saturated rings. The van der Waals surface area contributed by atoms with Crippen LogP contribution in [0.15, 0.2) is 65.5 Å². The van der Waals surface area contributed by atoms with Crippen LogP contribution < -0.4 is 10.9 Å². The van der Waals surface area contributed by atoms with Gasteiger partial charge in [0.1, 0.15) is 0 Å². The Kier molecular flexibility index (Phi) is 3.71. The summed E-state index contributed by atoms with van der Waals surface area (Å²) in [7, 11) is 0. The van der Waals surface area contributed by atoms with Crippen molar-refractivity contribution in [2.75, 3.05) is 5.43 Å². The van der Waals surface area contributed by atoms with Gasteiger partial charge in [0.05, 0.1) is 0 Å². The van der Waals surface area contributed by atoms with Gasteiger partial charge in [-0.2, -0.15) is 4.98 Å². The minimum atomic E-state index is 0.604. The zero-order chi connectivity index (χ0) is 13.6. The van der Waals surface area contributed by atoms with Gasteiger partial charge >= 0.3 is 0 Å². The molecule has 0 aliphatic carbocycles. The summed E-state index contributed by atoms with van der Waals surface area (Å²) >= 11 is 0. The van der Waals surface area contributed by atoms with Gasteiger partial charge in [-0.05, 0) is 17.7 Å².